The number of carbonyl (C=O) groups excluding carboxylic acids is 2. The van der Waals surface area contributed by atoms with E-state index < -0.39 is 11.9 Å². The Morgan fingerprint density at radius 3 is 2.44 bits per heavy atom. The number of benzene rings is 2. The van der Waals surface area contributed by atoms with Gasteiger partial charge >= 0.3 is 0 Å². The number of furan rings is 1. The van der Waals surface area contributed by atoms with E-state index in [1.54, 1.807) is 31.4 Å². The lowest BCUT2D eigenvalue weighted by Crippen LogP contribution is -2.46. The van der Waals surface area contributed by atoms with Gasteiger partial charge in [-0.3, -0.25) is 14.5 Å². The van der Waals surface area contributed by atoms with Crippen molar-refractivity contribution in [3.05, 3.63) is 78.3 Å². The van der Waals surface area contributed by atoms with Crippen molar-refractivity contribution < 1.29 is 23.5 Å². The van der Waals surface area contributed by atoms with Gasteiger partial charge in [-0.2, -0.15) is 0 Å². The largest absolute Gasteiger partial charge is 0.495 e. The second-order valence-electron chi connectivity index (χ2n) is 8.22. The molecule has 0 saturated heterocycles. The van der Waals surface area contributed by atoms with Crippen LogP contribution in [0.15, 0.2) is 71.3 Å². The molecule has 7 heteroatoms. The maximum absolute atomic E-state index is 13.8. The molecule has 1 N–H and O–H groups in total. The average molecular weight is 463 g/mol. The zero-order valence-corrected chi connectivity index (χ0v) is 19.5. The SMILES string of the molecule is CCOc1ccc([C@H](C(=O)NC2CCCC2)N(C(=O)c2ccco2)c2ccccc2OC)cc1. The molecule has 1 fully saturated rings. The molecule has 0 spiro atoms. The molecular weight excluding hydrogens is 432 g/mol. The van der Waals surface area contributed by atoms with Crippen LogP contribution in [0.4, 0.5) is 5.69 Å². The number of rotatable bonds is 9. The quantitative estimate of drug-likeness (QED) is 0.477. The first-order valence-electron chi connectivity index (χ1n) is 11.7. The predicted molar refractivity (Wildman–Crippen MR) is 129 cm³/mol. The number of nitrogens with one attached hydrogen (secondary N) is 1. The summed E-state index contributed by atoms with van der Waals surface area (Å²) >= 11 is 0. The van der Waals surface area contributed by atoms with E-state index in [9.17, 15) is 9.59 Å². The molecule has 1 heterocycles. The smallest absolute Gasteiger partial charge is 0.295 e. The van der Waals surface area contributed by atoms with Crippen molar-refractivity contribution in [3.8, 4) is 11.5 Å². The Balaban J connectivity index is 1.82. The molecule has 0 bridgehead atoms. The number of hydrogen-bond acceptors (Lipinski definition) is 5. The number of nitrogens with zero attached hydrogens (tertiary/aromatic N) is 1. The number of methoxy groups -OCH3 is 1. The summed E-state index contributed by atoms with van der Waals surface area (Å²) in [5, 5.41) is 3.17. The van der Waals surface area contributed by atoms with Crippen LogP contribution in [0.3, 0.4) is 0 Å². The Morgan fingerprint density at radius 2 is 1.79 bits per heavy atom. The fraction of sp³-hybridized carbons (Fsp3) is 0.333. The average Bonchev–Trinajstić information content (AvgIpc) is 3.58. The van der Waals surface area contributed by atoms with Gasteiger partial charge in [-0.05, 0) is 61.7 Å². The van der Waals surface area contributed by atoms with Crippen molar-refractivity contribution in [2.75, 3.05) is 18.6 Å². The summed E-state index contributed by atoms with van der Waals surface area (Å²) in [6.45, 7) is 2.45. The highest BCUT2D eigenvalue weighted by Crippen LogP contribution is 2.37. The molecule has 1 aliphatic carbocycles. The van der Waals surface area contributed by atoms with E-state index in [1.807, 2.05) is 43.3 Å². The van der Waals surface area contributed by atoms with Gasteiger partial charge < -0.3 is 19.2 Å². The molecule has 0 radical (unpaired) electrons. The van der Waals surface area contributed by atoms with Gasteiger partial charge in [0.2, 0.25) is 5.91 Å². The van der Waals surface area contributed by atoms with Crippen molar-refractivity contribution in [3.63, 3.8) is 0 Å². The van der Waals surface area contributed by atoms with Crippen LogP contribution in [0.2, 0.25) is 0 Å². The highest BCUT2D eigenvalue weighted by Gasteiger charge is 2.37. The summed E-state index contributed by atoms with van der Waals surface area (Å²) in [6, 6.07) is 16.8. The molecule has 1 aromatic heterocycles. The van der Waals surface area contributed by atoms with Crippen LogP contribution < -0.4 is 19.7 Å². The lowest BCUT2D eigenvalue weighted by Gasteiger charge is -2.32. The topological polar surface area (TPSA) is 81.0 Å². The first kappa shape index (κ1) is 23.4. The molecule has 1 saturated carbocycles. The summed E-state index contributed by atoms with van der Waals surface area (Å²) in [5.74, 6) is 0.627. The fourth-order valence-corrected chi connectivity index (χ4v) is 4.39. The van der Waals surface area contributed by atoms with Gasteiger partial charge in [-0.25, -0.2) is 0 Å². The minimum Gasteiger partial charge on any atom is -0.495 e. The van der Waals surface area contributed by atoms with Crippen LogP contribution in [0.25, 0.3) is 0 Å². The third-order valence-corrected chi connectivity index (χ3v) is 6.01. The first-order chi connectivity index (χ1) is 16.6. The number of amides is 2. The van der Waals surface area contributed by atoms with Crippen LogP contribution in [0.5, 0.6) is 11.5 Å². The molecule has 0 aliphatic heterocycles. The van der Waals surface area contributed by atoms with E-state index in [-0.39, 0.29) is 17.7 Å². The van der Waals surface area contributed by atoms with E-state index in [0.29, 0.717) is 29.4 Å². The monoisotopic (exact) mass is 462 g/mol. The van der Waals surface area contributed by atoms with Crippen molar-refractivity contribution in [1.29, 1.82) is 0 Å². The van der Waals surface area contributed by atoms with E-state index >= 15 is 0 Å². The number of anilines is 1. The highest BCUT2D eigenvalue weighted by atomic mass is 16.5. The van der Waals surface area contributed by atoms with Gasteiger partial charge in [0.25, 0.3) is 5.91 Å². The Hall–Kier alpha value is -3.74. The van der Waals surface area contributed by atoms with Crippen LogP contribution in [-0.2, 0) is 4.79 Å². The number of hydrogen-bond donors (Lipinski definition) is 1. The number of ether oxygens (including phenoxy) is 2. The van der Waals surface area contributed by atoms with Gasteiger partial charge in [0, 0.05) is 6.04 Å². The summed E-state index contributed by atoms with van der Waals surface area (Å²) in [6.07, 6.45) is 5.48. The van der Waals surface area contributed by atoms with E-state index in [4.69, 9.17) is 13.9 Å². The number of carbonyl (C=O) groups is 2. The Kier molecular flexibility index (Phi) is 7.52. The molecule has 7 nitrogen and oxygen atoms in total. The maximum Gasteiger partial charge on any atom is 0.295 e. The summed E-state index contributed by atoms with van der Waals surface area (Å²) in [4.78, 5) is 29.0. The van der Waals surface area contributed by atoms with Gasteiger partial charge in [-0.15, -0.1) is 0 Å². The van der Waals surface area contributed by atoms with Crippen LogP contribution >= 0.6 is 0 Å². The molecule has 1 atom stereocenters. The normalized spacial score (nSPS) is 14.4. The molecule has 0 unspecified atom stereocenters. The molecular formula is C27H30N2O5. The van der Waals surface area contributed by atoms with Gasteiger partial charge in [0.1, 0.15) is 17.5 Å². The second-order valence-corrected chi connectivity index (χ2v) is 8.22. The van der Waals surface area contributed by atoms with E-state index in [0.717, 1.165) is 25.7 Å². The summed E-state index contributed by atoms with van der Waals surface area (Å²) in [5.41, 5.74) is 1.14. The third-order valence-electron chi connectivity index (χ3n) is 6.01. The van der Waals surface area contributed by atoms with Crippen LogP contribution in [0, 0.1) is 0 Å². The fourth-order valence-electron chi connectivity index (χ4n) is 4.39. The van der Waals surface area contributed by atoms with Crippen LogP contribution in [-0.4, -0.2) is 31.6 Å². The Labute approximate surface area is 199 Å². The van der Waals surface area contributed by atoms with Gasteiger partial charge in [0.15, 0.2) is 5.76 Å². The van der Waals surface area contributed by atoms with Crippen molar-refractivity contribution in [2.45, 2.75) is 44.7 Å². The lowest BCUT2D eigenvalue weighted by atomic mass is 10.0. The zero-order valence-electron chi connectivity index (χ0n) is 19.5. The Morgan fingerprint density at radius 1 is 1.06 bits per heavy atom. The van der Waals surface area contributed by atoms with E-state index in [2.05, 4.69) is 5.32 Å². The van der Waals surface area contributed by atoms with Crippen molar-refractivity contribution >= 4 is 17.5 Å². The molecule has 2 amide bonds. The molecule has 4 rings (SSSR count). The van der Waals surface area contributed by atoms with Crippen LogP contribution in [0.1, 0.15) is 54.8 Å². The zero-order chi connectivity index (χ0) is 23.9. The predicted octanol–water partition coefficient (Wildman–Crippen LogP) is 5.13. The molecule has 3 aromatic rings. The van der Waals surface area contributed by atoms with E-state index in [1.165, 1.54) is 11.2 Å². The molecule has 2 aromatic carbocycles. The minimum absolute atomic E-state index is 0.0935. The van der Waals surface area contributed by atoms with Gasteiger partial charge in [-0.1, -0.05) is 37.1 Å². The standard InChI is InChI=1S/C27H30N2O5/c1-3-33-21-16-14-19(15-17-21)25(26(30)28-20-9-4-5-10-20)29(27(31)24-13-8-18-34-24)22-11-6-7-12-23(22)32-2/h6-8,11-18,20,25H,3-5,9-10H2,1-2H3,(H,28,30)/t25-/m1/s1. The maximum atomic E-state index is 13.8. The van der Waals surface area contributed by atoms with Crippen molar-refractivity contribution in [2.24, 2.45) is 0 Å². The molecule has 34 heavy (non-hydrogen) atoms. The van der Waals surface area contributed by atoms with Crippen molar-refractivity contribution in [1.82, 2.24) is 5.32 Å². The lowest BCUT2D eigenvalue weighted by molar-refractivity contribution is -0.123. The number of para-hydroxylation sites is 2. The Bertz CT molecular complexity index is 1090. The third kappa shape index (κ3) is 5.09. The molecule has 1 aliphatic rings. The summed E-state index contributed by atoms with van der Waals surface area (Å²) < 4.78 is 16.6. The summed E-state index contributed by atoms with van der Waals surface area (Å²) in [7, 11) is 1.54. The second kappa shape index (κ2) is 10.9. The molecule has 178 valence electrons. The first-order valence-corrected chi connectivity index (χ1v) is 11.7. The van der Waals surface area contributed by atoms with Gasteiger partial charge in [0.05, 0.1) is 25.7 Å². The highest BCUT2D eigenvalue weighted by molar-refractivity contribution is 6.09. The minimum atomic E-state index is -0.940.